The van der Waals surface area contributed by atoms with Gasteiger partial charge in [0.2, 0.25) is 5.91 Å². The van der Waals surface area contributed by atoms with Crippen LogP contribution in [0.5, 0.6) is 5.75 Å². The van der Waals surface area contributed by atoms with Crippen molar-refractivity contribution < 1.29 is 14.3 Å². The van der Waals surface area contributed by atoms with Gasteiger partial charge in [0.1, 0.15) is 5.75 Å². The molecule has 180 valence electrons. The van der Waals surface area contributed by atoms with Gasteiger partial charge < -0.3 is 14.4 Å². The van der Waals surface area contributed by atoms with Crippen LogP contribution >= 0.6 is 0 Å². The van der Waals surface area contributed by atoms with E-state index in [1.54, 1.807) is 6.92 Å². The molecule has 0 aliphatic carbocycles. The molecule has 0 bridgehead atoms. The van der Waals surface area contributed by atoms with Gasteiger partial charge in [-0.3, -0.25) is 4.79 Å². The molecular weight excluding hydrogens is 410 g/mol. The Morgan fingerprint density at radius 2 is 1.76 bits per heavy atom. The van der Waals surface area contributed by atoms with Gasteiger partial charge in [0, 0.05) is 32.0 Å². The summed E-state index contributed by atoms with van der Waals surface area (Å²) in [6.45, 7) is 14.5. The summed E-state index contributed by atoms with van der Waals surface area (Å²) < 4.78 is 11.9. The number of rotatable bonds is 9. The summed E-state index contributed by atoms with van der Waals surface area (Å²) in [4.78, 5) is 14.5. The van der Waals surface area contributed by atoms with Gasteiger partial charge >= 0.3 is 0 Å². The number of benzene rings is 2. The van der Waals surface area contributed by atoms with Crippen LogP contribution < -0.4 is 4.74 Å². The van der Waals surface area contributed by atoms with Crippen LogP contribution in [0.2, 0.25) is 0 Å². The van der Waals surface area contributed by atoms with Gasteiger partial charge in [-0.2, -0.15) is 0 Å². The van der Waals surface area contributed by atoms with Gasteiger partial charge in [-0.05, 0) is 69.2 Å². The summed E-state index contributed by atoms with van der Waals surface area (Å²) >= 11 is 0. The first kappa shape index (κ1) is 25.3. The quantitative estimate of drug-likeness (QED) is 0.449. The Labute approximate surface area is 200 Å². The Bertz CT molecular complexity index is 888. The lowest BCUT2D eigenvalue weighted by Crippen LogP contribution is -2.43. The average molecular weight is 452 g/mol. The molecule has 1 heterocycles. The van der Waals surface area contributed by atoms with Gasteiger partial charge in [-0.1, -0.05) is 55.8 Å². The van der Waals surface area contributed by atoms with Gasteiger partial charge in [-0.15, -0.1) is 0 Å². The zero-order valence-electron chi connectivity index (χ0n) is 21.3. The van der Waals surface area contributed by atoms with E-state index in [1.807, 2.05) is 30.9 Å². The lowest BCUT2D eigenvalue weighted by atomic mass is 9.68. The molecule has 1 fully saturated rings. The number of hydrogen-bond acceptors (Lipinski definition) is 3. The van der Waals surface area contributed by atoms with E-state index in [0.717, 1.165) is 43.7 Å². The van der Waals surface area contributed by atoms with Crippen LogP contribution in [0.4, 0.5) is 0 Å². The maximum atomic E-state index is 12.6. The summed E-state index contributed by atoms with van der Waals surface area (Å²) in [7, 11) is 0. The van der Waals surface area contributed by atoms with E-state index >= 15 is 0 Å². The number of carbonyl (C=O) groups excluding carboxylic acids is 1. The van der Waals surface area contributed by atoms with Crippen molar-refractivity contribution in [3.05, 3.63) is 65.2 Å². The second-order valence-electron chi connectivity index (χ2n) is 10.3. The highest BCUT2D eigenvalue weighted by Gasteiger charge is 2.39. The molecule has 2 aromatic carbocycles. The fourth-order valence-corrected chi connectivity index (χ4v) is 4.78. The Morgan fingerprint density at radius 3 is 2.33 bits per heavy atom. The third-order valence-electron chi connectivity index (χ3n) is 6.89. The van der Waals surface area contributed by atoms with Crippen LogP contribution in [0.25, 0.3) is 0 Å². The highest BCUT2D eigenvalue weighted by Crippen LogP contribution is 2.42. The molecule has 2 aromatic rings. The van der Waals surface area contributed by atoms with Crippen LogP contribution in [0.15, 0.2) is 48.5 Å². The minimum atomic E-state index is 0.0313. The third kappa shape index (κ3) is 6.83. The molecule has 0 N–H and O–H groups in total. The minimum Gasteiger partial charge on any atom is -0.491 e. The summed E-state index contributed by atoms with van der Waals surface area (Å²) in [5.41, 5.74) is 3.80. The maximum absolute atomic E-state index is 12.6. The molecule has 1 aliphatic heterocycles. The number of ether oxygens (including phenoxy) is 2. The van der Waals surface area contributed by atoms with Crippen molar-refractivity contribution in [2.75, 3.05) is 13.2 Å². The Balaban J connectivity index is 1.77. The molecule has 4 heteroatoms. The van der Waals surface area contributed by atoms with Crippen LogP contribution in [0, 0.1) is 12.8 Å². The standard InChI is InChI=1S/C29H41NO3/c1-21(2)28-19-29(16-18-32-28,26-11-7-23(5)8-12-26)15-17-30(24(6)31)20-25-9-13-27(14-10-25)33-22(3)4/h7-14,21-22,28H,15-20H2,1-6H3/t28-,29+/m1/s1. The van der Waals surface area contributed by atoms with Crippen molar-refractivity contribution in [1.29, 1.82) is 0 Å². The van der Waals surface area contributed by atoms with Crippen LogP contribution in [-0.2, 0) is 21.5 Å². The Kier molecular flexibility index (Phi) is 8.58. The third-order valence-corrected chi connectivity index (χ3v) is 6.89. The molecule has 1 saturated heterocycles. The highest BCUT2D eigenvalue weighted by molar-refractivity contribution is 5.73. The minimum absolute atomic E-state index is 0.0313. The lowest BCUT2D eigenvalue weighted by Gasteiger charge is -2.44. The number of amides is 1. The number of aryl methyl sites for hydroxylation is 1. The molecule has 0 radical (unpaired) electrons. The first-order chi connectivity index (χ1) is 15.7. The molecule has 1 aliphatic rings. The molecule has 0 spiro atoms. The van der Waals surface area contributed by atoms with Crippen molar-refractivity contribution in [3.8, 4) is 5.75 Å². The monoisotopic (exact) mass is 451 g/mol. The highest BCUT2D eigenvalue weighted by atomic mass is 16.5. The van der Waals surface area contributed by atoms with Crippen molar-refractivity contribution in [3.63, 3.8) is 0 Å². The van der Waals surface area contributed by atoms with Crippen LogP contribution in [0.1, 0.15) is 70.6 Å². The smallest absolute Gasteiger partial charge is 0.219 e. The normalized spacial score (nSPS) is 20.8. The van der Waals surface area contributed by atoms with Crippen molar-refractivity contribution >= 4 is 5.91 Å². The molecule has 2 atom stereocenters. The number of nitrogens with zero attached hydrogens (tertiary/aromatic N) is 1. The zero-order valence-corrected chi connectivity index (χ0v) is 21.3. The average Bonchev–Trinajstić information content (AvgIpc) is 2.77. The first-order valence-corrected chi connectivity index (χ1v) is 12.4. The first-order valence-electron chi connectivity index (χ1n) is 12.4. The molecule has 4 nitrogen and oxygen atoms in total. The Morgan fingerprint density at radius 1 is 1.09 bits per heavy atom. The van der Waals surface area contributed by atoms with Crippen LogP contribution in [-0.4, -0.2) is 36.2 Å². The molecular formula is C29H41NO3. The SMILES string of the molecule is CC(=O)N(CC[C@]1(c2ccc(C)cc2)CCO[C@@H](C(C)C)C1)Cc1ccc(OC(C)C)cc1. The summed E-state index contributed by atoms with van der Waals surface area (Å²) in [5.74, 6) is 1.46. The van der Waals surface area contributed by atoms with E-state index in [-0.39, 0.29) is 23.5 Å². The lowest BCUT2D eigenvalue weighted by molar-refractivity contribution is -0.130. The van der Waals surface area contributed by atoms with Gasteiger partial charge in [0.05, 0.1) is 12.2 Å². The topological polar surface area (TPSA) is 38.8 Å². The second-order valence-corrected chi connectivity index (χ2v) is 10.3. The van der Waals surface area contributed by atoms with E-state index in [0.29, 0.717) is 12.5 Å². The predicted octanol–water partition coefficient (Wildman–Crippen LogP) is 6.29. The summed E-state index contributed by atoms with van der Waals surface area (Å²) in [6.07, 6.45) is 3.33. The van der Waals surface area contributed by atoms with Gasteiger partial charge in [0.15, 0.2) is 0 Å². The molecule has 0 unspecified atom stereocenters. The largest absolute Gasteiger partial charge is 0.491 e. The van der Waals surface area contributed by atoms with Crippen molar-refractivity contribution in [2.24, 2.45) is 5.92 Å². The van der Waals surface area contributed by atoms with Gasteiger partial charge in [0.25, 0.3) is 0 Å². The fourth-order valence-electron chi connectivity index (χ4n) is 4.78. The van der Waals surface area contributed by atoms with E-state index < -0.39 is 0 Å². The number of carbonyl (C=O) groups is 1. The van der Waals surface area contributed by atoms with Crippen molar-refractivity contribution in [1.82, 2.24) is 4.90 Å². The predicted molar refractivity (Wildman–Crippen MR) is 135 cm³/mol. The van der Waals surface area contributed by atoms with E-state index in [1.165, 1.54) is 11.1 Å². The molecule has 33 heavy (non-hydrogen) atoms. The van der Waals surface area contributed by atoms with E-state index in [4.69, 9.17) is 9.47 Å². The summed E-state index contributed by atoms with van der Waals surface area (Å²) in [5, 5.41) is 0. The number of hydrogen-bond donors (Lipinski definition) is 0. The molecule has 3 rings (SSSR count). The van der Waals surface area contributed by atoms with Crippen molar-refractivity contribution in [2.45, 2.75) is 85.0 Å². The summed E-state index contributed by atoms with van der Waals surface area (Å²) in [6, 6.07) is 17.1. The fraction of sp³-hybridized carbons (Fsp3) is 0.552. The zero-order chi connectivity index (χ0) is 24.0. The Hall–Kier alpha value is -2.33. The maximum Gasteiger partial charge on any atom is 0.219 e. The van der Waals surface area contributed by atoms with Crippen LogP contribution in [0.3, 0.4) is 0 Å². The molecule has 1 amide bonds. The second kappa shape index (κ2) is 11.2. The molecule has 0 saturated carbocycles. The van der Waals surface area contributed by atoms with E-state index in [2.05, 4.69) is 57.2 Å². The molecule has 0 aromatic heterocycles. The van der Waals surface area contributed by atoms with Gasteiger partial charge in [-0.25, -0.2) is 0 Å². The van der Waals surface area contributed by atoms with E-state index in [9.17, 15) is 4.79 Å².